The fourth-order valence-corrected chi connectivity index (χ4v) is 6.83. The van der Waals surface area contributed by atoms with E-state index in [-0.39, 0.29) is 23.9 Å². The highest BCUT2D eigenvalue weighted by atomic mass is 32.2. The van der Waals surface area contributed by atoms with E-state index in [1.807, 2.05) is 0 Å². The van der Waals surface area contributed by atoms with Crippen molar-refractivity contribution in [2.75, 3.05) is 44.2 Å². The van der Waals surface area contributed by atoms with Crippen LogP contribution in [0, 0.1) is 12.8 Å². The summed E-state index contributed by atoms with van der Waals surface area (Å²) >= 11 is 0. The highest BCUT2D eigenvalue weighted by Gasteiger charge is 2.52. The first-order valence-corrected chi connectivity index (χ1v) is 13.1. The molecule has 1 N–H and O–H groups in total. The second-order valence-electron chi connectivity index (χ2n) is 9.00. The van der Waals surface area contributed by atoms with E-state index < -0.39 is 31.6 Å². The lowest BCUT2D eigenvalue weighted by atomic mass is 9.95. The van der Waals surface area contributed by atoms with Gasteiger partial charge < -0.3 is 10.2 Å². The average Bonchev–Trinajstić information content (AvgIpc) is 3.11. The van der Waals surface area contributed by atoms with Crippen molar-refractivity contribution in [3.8, 4) is 0 Å². The summed E-state index contributed by atoms with van der Waals surface area (Å²) in [7, 11) is -4.28. The van der Waals surface area contributed by atoms with Gasteiger partial charge in [-0.2, -0.15) is 25.5 Å². The zero-order valence-electron chi connectivity index (χ0n) is 19.5. The van der Waals surface area contributed by atoms with Gasteiger partial charge in [0.25, 0.3) is 0 Å². The maximum Gasteiger partial charge on any atom is 0.416 e. The smallest absolute Gasteiger partial charge is 0.356 e. The van der Waals surface area contributed by atoms with E-state index in [4.69, 9.17) is 0 Å². The van der Waals surface area contributed by atoms with Crippen LogP contribution in [0.15, 0.2) is 41.4 Å². The van der Waals surface area contributed by atoms with Gasteiger partial charge in [-0.3, -0.25) is 0 Å². The lowest BCUT2D eigenvalue weighted by Crippen LogP contribution is -2.61. The lowest BCUT2D eigenvalue weighted by Gasteiger charge is -2.38. The second-order valence-corrected chi connectivity index (χ2v) is 11.1. The molecule has 1 atom stereocenters. The van der Waals surface area contributed by atoms with Crippen molar-refractivity contribution in [3.63, 3.8) is 0 Å². The Morgan fingerprint density at radius 1 is 1.09 bits per heavy atom. The van der Waals surface area contributed by atoms with Gasteiger partial charge in [-0.05, 0) is 50.1 Å². The Kier molecular flexibility index (Phi) is 7.16. The number of halogens is 3. The summed E-state index contributed by atoms with van der Waals surface area (Å²) in [6, 6.07) is 5.24. The third-order valence-electron chi connectivity index (χ3n) is 6.79. The topological polar surface area (TPSA) is 92.3 Å². The van der Waals surface area contributed by atoms with Crippen molar-refractivity contribution >= 4 is 21.7 Å². The molecule has 8 nitrogen and oxygen atoms in total. The average molecular weight is 513 g/mol. The molecule has 0 bridgehead atoms. The highest BCUT2D eigenvalue weighted by Crippen LogP contribution is 2.35. The van der Waals surface area contributed by atoms with Gasteiger partial charge in [0, 0.05) is 38.8 Å². The van der Waals surface area contributed by atoms with Gasteiger partial charge in [0.1, 0.15) is 29.6 Å². The number of amides is 1. The fourth-order valence-electron chi connectivity index (χ4n) is 4.86. The Morgan fingerprint density at radius 2 is 1.77 bits per heavy atom. The van der Waals surface area contributed by atoms with Crippen molar-refractivity contribution in [1.29, 1.82) is 0 Å². The van der Waals surface area contributed by atoms with Crippen LogP contribution in [0.5, 0.6) is 0 Å². The number of aromatic nitrogens is 2. The lowest BCUT2D eigenvalue weighted by molar-refractivity contribution is -0.728. The number of aryl methyl sites for hydroxylation is 1. The quantitative estimate of drug-likeness (QED) is 0.630. The fraction of sp³-hybridized carbons (Fsp3) is 0.522. The summed E-state index contributed by atoms with van der Waals surface area (Å²) < 4.78 is 66.0. The van der Waals surface area contributed by atoms with E-state index in [0.29, 0.717) is 51.3 Å². The first kappa shape index (κ1) is 25.5. The molecule has 0 spiro atoms. The van der Waals surface area contributed by atoms with Gasteiger partial charge in [0.15, 0.2) is 0 Å². The van der Waals surface area contributed by atoms with Crippen molar-refractivity contribution in [3.05, 3.63) is 47.9 Å². The minimum absolute atomic E-state index is 0.0352. The van der Waals surface area contributed by atoms with Gasteiger partial charge >= 0.3 is 22.1 Å². The predicted octanol–water partition coefficient (Wildman–Crippen LogP) is 2.75. The van der Waals surface area contributed by atoms with Crippen LogP contribution >= 0.6 is 0 Å². The number of benzene rings is 1. The summed E-state index contributed by atoms with van der Waals surface area (Å²) in [4.78, 5) is 24.2. The molecule has 2 aliphatic rings. The molecule has 1 unspecified atom stereocenters. The van der Waals surface area contributed by atoms with Crippen LogP contribution in [0.25, 0.3) is 0 Å². The molecule has 0 saturated carbocycles. The van der Waals surface area contributed by atoms with Crippen LogP contribution in [0.2, 0.25) is 0 Å². The van der Waals surface area contributed by atoms with Crippen LogP contribution < -0.4 is 10.2 Å². The molecule has 0 radical (unpaired) electrons. The molecule has 2 aromatic rings. The first-order chi connectivity index (χ1) is 16.5. The predicted molar refractivity (Wildman–Crippen MR) is 123 cm³/mol. The Balaban J connectivity index is 1.60. The molecule has 12 heteroatoms. The van der Waals surface area contributed by atoms with E-state index in [0.717, 1.165) is 30.1 Å². The number of anilines is 1. The third-order valence-corrected chi connectivity index (χ3v) is 9.13. The van der Waals surface area contributed by atoms with Gasteiger partial charge in [-0.25, -0.2) is 14.8 Å². The van der Waals surface area contributed by atoms with Crippen molar-refractivity contribution in [2.24, 2.45) is 5.92 Å². The molecule has 3 heterocycles. The largest absolute Gasteiger partial charge is 0.416 e. The molecule has 1 aromatic heterocycles. The maximum atomic E-state index is 13.9. The normalized spacial score (nSPS) is 22.6. The minimum Gasteiger partial charge on any atom is -0.356 e. The number of carbonyl (C=O) groups excluding carboxylic acids is 1. The summed E-state index contributed by atoms with van der Waals surface area (Å²) in [6.45, 7) is 3.91. The molecule has 35 heavy (non-hydrogen) atoms. The van der Waals surface area contributed by atoms with E-state index in [9.17, 15) is 26.4 Å². The van der Waals surface area contributed by atoms with E-state index >= 15 is 0 Å². The van der Waals surface area contributed by atoms with Gasteiger partial charge in [0.2, 0.25) is 0 Å². The Morgan fingerprint density at radius 3 is 2.40 bits per heavy atom. The molecule has 2 saturated heterocycles. The Labute approximate surface area is 202 Å². The van der Waals surface area contributed by atoms with Crippen molar-refractivity contribution < 1.29 is 30.3 Å². The molecule has 1 amide bonds. The Hall–Kier alpha value is -2.57. The molecular formula is C23H29F3N5O3S+. The molecule has 1 aromatic carbocycles. The summed E-state index contributed by atoms with van der Waals surface area (Å²) in [5, 5.41) is 3.14. The maximum absolute atomic E-state index is 13.9. The number of rotatable bonds is 4. The number of sulfonamides is 1. The zero-order chi connectivity index (χ0) is 25.3. The number of quaternary nitrogens is 1. The first-order valence-electron chi connectivity index (χ1n) is 11.6. The number of nitrogens with one attached hydrogen (secondary N) is 1. The third kappa shape index (κ3) is 5.05. The van der Waals surface area contributed by atoms with Gasteiger partial charge in [0.05, 0.1) is 11.5 Å². The molecule has 190 valence electrons. The Bertz CT molecular complexity index is 1160. The van der Waals surface area contributed by atoms with Crippen LogP contribution in [0.4, 0.5) is 19.0 Å². The molecule has 2 fully saturated rings. The SMILES string of the molecule is Cc1nccc(N2CCC(C(=O)[N+]3(S(=O)(=O)c4ccc(C(F)(F)F)cc4)CCCNCC3)CC2)n1. The van der Waals surface area contributed by atoms with Crippen molar-refractivity contribution in [2.45, 2.75) is 37.3 Å². The van der Waals surface area contributed by atoms with E-state index in [2.05, 4.69) is 20.2 Å². The number of nitrogens with zero attached hydrogens (tertiary/aromatic N) is 4. The van der Waals surface area contributed by atoms with Crippen molar-refractivity contribution in [1.82, 2.24) is 15.3 Å². The van der Waals surface area contributed by atoms with Gasteiger partial charge in [-0.15, -0.1) is 0 Å². The number of hydrogen-bond acceptors (Lipinski definition) is 7. The second kappa shape index (κ2) is 9.82. The summed E-state index contributed by atoms with van der Waals surface area (Å²) in [6.07, 6.45) is -1.50. The van der Waals surface area contributed by atoms with Gasteiger partial charge in [-0.1, -0.05) is 0 Å². The monoisotopic (exact) mass is 512 g/mol. The van der Waals surface area contributed by atoms with Crippen LogP contribution in [-0.4, -0.2) is 67.4 Å². The standard InChI is InChI=1S/C23H29F3N5O3S/c1-17-28-11-7-21(29-17)30-13-8-18(9-14-30)22(32)31(15-2-10-27-12-16-31)35(33,34)20-5-3-19(4-6-20)23(24,25)26/h3-7,11,18,27H,2,8-10,12-16H2,1H3/q+1. The zero-order valence-corrected chi connectivity index (χ0v) is 20.3. The highest BCUT2D eigenvalue weighted by molar-refractivity contribution is 7.86. The van der Waals surface area contributed by atoms with E-state index in [1.54, 1.807) is 19.2 Å². The molecule has 2 aliphatic heterocycles. The number of alkyl halides is 3. The van der Waals surface area contributed by atoms with Crippen LogP contribution in [-0.2, 0) is 21.0 Å². The number of hydrogen-bond donors (Lipinski definition) is 1. The van der Waals surface area contributed by atoms with E-state index in [1.165, 1.54) is 0 Å². The summed E-state index contributed by atoms with van der Waals surface area (Å²) in [5.41, 5.74) is -0.931. The van der Waals surface area contributed by atoms with Crippen LogP contribution in [0.3, 0.4) is 0 Å². The summed E-state index contributed by atoms with van der Waals surface area (Å²) in [5.74, 6) is 0.553. The number of piperidine rings is 1. The molecular weight excluding hydrogens is 483 g/mol. The molecule has 0 aliphatic carbocycles. The molecule has 4 rings (SSSR count). The van der Waals surface area contributed by atoms with Crippen LogP contribution in [0.1, 0.15) is 30.7 Å². The number of carbonyl (C=O) groups is 1. The minimum atomic E-state index is -4.58.